The number of likely N-dealkylation sites (tertiary alicyclic amines) is 1. The van der Waals surface area contributed by atoms with Crippen LogP contribution in [-0.4, -0.2) is 50.4 Å². The van der Waals surface area contributed by atoms with Gasteiger partial charge in [0, 0.05) is 37.1 Å². The van der Waals surface area contributed by atoms with E-state index in [9.17, 15) is 4.79 Å². The molecule has 3 atom stereocenters. The lowest BCUT2D eigenvalue weighted by molar-refractivity contribution is -0.137. The monoisotopic (exact) mass is 412 g/mol. The summed E-state index contributed by atoms with van der Waals surface area (Å²) in [5.74, 6) is 1.73. The fourth-order valence-electron chi connectivity index (χ4n) is 6.33. The second kappa shape index (κ2) is 7.34. The molecule has 0 bridgehead atoms. The van der Waals surface area contributed by atoms with Crippen LogP contribution in [0.15, 0.2) is 73.1 Å². The molecule has 0 saturated carbocycles. The lowest BCUT2D eigenvalue weighted by Crippen LogP contribution is -2.50. The first kappa shape index (κ1) is 18.8. The number of carbonyl (C=O) groups is 1. The van der Waals surface area contributed by atoms with Gasteiger partial charge in [0.15, 0.2) is 0 Å². The van der Waals surface area contributed by atoms with Gasteiger partial charge in [-0.25, -0.2) is 4.98 Å². The molecule has 5 heteroatoms. The Bertz CT molecular complexity index is 1080. The molecule has 31 heavy (non-hydrogen) atoms. The van der Waals surface area contributed by atoms with E-state index in [4.69, 9.17) is 0 Å². The molecule has 1 spiro atoms. The molecule has 3 aliphatic rings. The van der Waals surface area contributed by atoms with Gasteiger partial charge in [-0.2, -0.15) is 0 Å². The van der Waals surface area contributed by atoms with Crippen LogP contribution in [0.5, 0.6) is 0 Å². The van der Waals surface area contributed by atoms with Crippen molar-refractivity contribution >= 4 is 5.91 Å². The van der Waals surface area contributed by atoms with Crippen LogP contribution < -0.4 is 0 Å². The zero-order valence-electron chi connectivity index (χ0n) is 17.7. The smallest absolute Gasteiger partial charge is 0.243 e. The molecule has 1 aromatic carbocycles. The van der Waals surface area contributed by atoms with E-state index in [1.807, 2.05) is 24.4 Å². The van der Waals surface area contributed by atoms with Crippen molar-refractivity contribution in [3.8, 4) is 5.82 Å². The number of benzene rings is 1. The van der Waals surface area contributed by atoms with Gasteiger partial charge in [-0.15, -0.1) is 0 Å². The summed E-state index contributed by atoms with van der Waals surface area (Å²) in [6, 6.07) is 21.1. The summed E-state index contributed by atoms with van der Waals surface area (Å²) in [5.41, 5.74) is 2.28. The van der Waals surface area contributed by atoms with E-state index in [0.29, 0.717) is 11.8 Å². The van der Waals surface area contributed by atoms with Crippen LogP contribution in [0, 0.1) is 5.92 Å². The van der Waals surface area contributed by atoms with Crippen LogP contribution in [0.3, 0.4) is 0 Å². The van der Waals surface area contributed by atoms with Crippen molar-refractivity contribution in [3.05, 3.63) is 84.3 Å². The van der Waals surface area contributed by atoms with Crippen molar-refractivity contribution in [1.82, 2.24) is 19.4 Å². The molecule has 0 N–H and O–H groups in total. The van der Waals surface area contributed by atoms with Gasteiger partial charge in [-0.1, -0.05) is 36.4 Å². The Hall–Kier alpha value is -2.92. The molecule has 3 aromatic rings. The number of pyridine rings is 1. The van der Waals surface area contributed by atoms with Gasteiger partial charge in [0.1, 0.15) is 11.4 Å². The minimum Gasteiger partial charge on any atom is -0.340 e. The molecule has 2 aromatic heterocycles. The number of rotatable bonds is 5. The molecule has 3 saturated heterocycles. The first-order valence-corrected chi connectivity index (χ1v) is 11.5. The highest BCUT2D eigenvalue weighted by atomic mass is 16.2. The number of nitrogens with zero attached hydrogens (tertiary/aromatic N) is 4. The number of hydrogen-bond donors (Lipinski definition) is 0. The molecule has 158 valence electrons. The van der Waals surface area contributed by atoms with Crippen LogP contribution in [0.2, 0.25) is 0 Å². The molecule has 5 heterocycles. The number of carbonyl (C=O) groups excluding carboxylic acids is 1. The summed E-state index contributed by atoms with van der Waals surface area (Å²) in [6.07, 6.45) is 8.02. The van der Waals surface area contributed by atoms with Gasteiger partial charge in [0.2, 0.25) is 5.91 Å². The van der Waals surface area contributed by atoms with Gasteiger partial charge in [0.25, 0.3) is 0 Å². The Kier molecular flexibility index (Phi) is 4.46. The van der Waals surface area contributed by atoms with Crippen molar-refractivity contribution in [2.24, 2.45) is 5.92 Å². The van der Waals surface area contributed by atoms with E-state index in [1.54, 1.807) is 0 Å². The van der Waals surface area contributed by atoms with Crippen molar-refractivity contribution in [3.63, 3.8) is 0 Å². The molecular formula is C26H28N4O. The fraction of sp³-hybridized carbons (Fsp3) is 0.385. The van der Waals surface area contributed by atoms with Crippen molar-refractivity contribution in [2.75, 3.05) is 19.6 Å². The van der Waals surface area contributed by atoms with Crippen molar-refractivity contribution in [2.45, 2.75) is 37.3 Å². The summed E-state index contributed by atoms with van der Waals surface area (Å²) < 4.78 is 2.20. The molecule has 5 nitrogen and oxygen atoms in total. The lowest BCUT2D eigenvalue weighted by atomic mass is 9.85. The third-order valence-corrected chi connectivity index (χ3v) is 7.66. The highest BCUT2D eigenvalue weighted by Crippen LogP contribution is 2.56. The molecule has 0 unspecified atom stereocenters. The Labute approximate surface area is 183 Å². The van der Waals surface area contributed by atoms with E-state index in [2.05, 4.69) is 68.0 Å². The van der Waals surface area contributed by atoms with E-state index in [-0.39, 0.29) is 11.6 Å². The van der Waals surface area contributed by atoms with E-state index in [1.165, 1.54) is 11.3 Å². The predicted molar refractivity (Wildman–Crippen MR) is 120 cm³/mol. The molecule has 1 amide bonds. The molecule has 3 fully saturated rings. The van der Waals surface area contributed by atoms with Crippen LogP contribution in [0.4, 0.5) is 0 Å². The standard InChI is InChI=1S/C26H28N4O/c31-25-26-13-7-16-30(26)23(22-10-6-15-29(22)24-11-4-5-14-27-24)18-21(26)19-28(25)17-12-20-8-2-1-3-9-20/h1-6,8-11,14-15,21,23H,7,12-13,16-19H2/t21-,23-,26-/m0/s1. The van der Waals surface area contributed by atoms with Gasteiger partial charge in [-0.3, -0.25) is 9.69 Å². The molecular weight excluding hydrogens is 384 g/mol. The van der Waals surface area contributed by atoms with Crippen molar-refractivity contribution in [1.29, 1.82) is 0 Å². The van der Waals surface area contributed by atoms with Crippen molar-refractivity contribution < 1.29 is 4.79 Å². The molecule has 6 rings (SSSR count). The second-order valence-corrected chi connectivity index (χ2v) is 9.15. The minimum atomic E-state index is -0.291. The largest absolute Gasteiger partial charge is 0.340 e. The zero-order chi connectivity index (χ0) is 20.8. The summed E-state index contributed by atoms with van der Waals surface area (Å²) in [7, 11) is 0. The molecule has 0 radical (unpaired) electrons. The molecule has 3 aliphatic heterocycles. The van der Waals surface area contributed by atoms with Gasteiger partial charge in [-0.05, 0) is 62.1 Å². The maximum Gasteiger partial charge on any atom is 0.243 e. The first-order valence-electron chi connectivity index (χ1n) is 11.5. The summed E-state index contributed by atoms with van der Waals surface area (Å²) in [5, 5.41) is 0. The van der Waals surface area contributed by atoms with Crippen LogP contribution in [0.1, 0.15) is 36.6 Å². The zero-order valence-corrected chi connectivity index (χ0v) is 17.7. The third kappa shape index (κ3) is 2.87. The number of amides is 1. The highest BCUT2D eigenvalue weighted by Gasteiger charge is 2.65. The topological polar surface area (TPSA) is 41.4 Å². The Morgan fingerprint density at radius 1 is 1.03 bits per heavy atom. The van der Waals surface area contributed by atoms with Gasteiger partial charge >= 0.3 is 0 Å². The Morgan fingerprint density at radius 3 is 2.74 bits per heavy atom. The quantitative estimate of drug-likeness (QED) is 0.639. The van der Waals surface area contributed by atoms with E-state index in [0.717, 1.165) is 51.1 Å². The normalized spacial score (nSPS) is 27.6. The predicted octanol–water partition coefficient (Wildman–Crippen LogP) is 3.85. The molecule has 0 aliphatic carbocycles. The average Bonchev–Trinajstić information content (AvgIpc) is 3.56. The average molecular weight is 413 g/mol. The maximum atomic E-state index is 13.7. The highest BCUT2D eigenvalue weighted by molar-refractivity contribution is 5.90. The SMILES string of the molecule is O=C1N(CCc2ccccc2)C[C@@H]2C[C@@H](c3cccn3-c3ccccn3)N3CCC[C@@]123. The second-order valence-electron chi connectivity index (χ2n) is 9.15. The van der Waals surface area contributed by atoms with Crippen LogP contribution in [0.25, 0.3) is 5.82 Å². The minimum absolute atomic E-state index is 0.282. The number of aromatic nitrogens is 2. The summed E-state index contributed by atoms with van der Waals surface area (Å²) in [6.45, 7) is 2.72. The van der Waals surface area contributed by atoms with E-state index >= 15 is 0 Å². The summed E-state index contributed by atoms with van der Waals surface area (Å²) >= 11 is 0. The Balaban J connectivity index is 1.26. The van der Waals surface area contributed by atoms with E-state index < -0.39 is 0 Å². The van der Waals surface area contributed by atoms with Gasteiger partial charge in [0.05, 0.1) is 6.04 Å². The maximum absolute atomic E-state index is 13.7. The van der Waals surface area contributed by atoms with Gasteiger partial charge < -0.3 is 9.47 Å². The number of hydrogen-bond acceptors (Lipinski definition) is 3. The lowest BCUT2D eigenvalue weighted by Gasteiger charge is -2.34. The summed E-state index contributed by atoms with van der Waals surface area (Å²) in [4.78, 5) is 23.0. The van der Waals surface area contributed by atoms with Crippen LogP contribution >= 0.6 is 0 Å². The third-order valence-electron chi connectivity index (χ3n) is 7.66. The first-order chi connectivity index (χ1) is 15.3. The Morgan fingerprint density at radius 2 is 1.90 bits per heavy atom. The van der Waals surface area contributed by atoms with Crippen LogP contribution in [-0.2, 0) is 11.2 Å². The fourth-order valence-corrected chi connectivity index (χ4v) is 6.33.